The highest BCUT2D eigenvalue weighted by Gasteiger charge is 2.31. The molecule has 2 aliphatic rings. The molecule has 0 amide bonds. The molecule has 240 valence electrons. The summed E-state index contributed by atoms with van der Waals surface area (Å²) in [4.78, 5) is 17.1. The molecule has 0 atom stereocenters. The number of allylic oxidation sites excluding steroid dienone is 1. The molecule has 5 rings (SSSR count). The fourth-order valence-electron chi connectivity index (χ4n) is 5.90. The lowest BCUT2D eigenvalue weighted by atomic mass is 9.88. The van der Waals surface area contributed by atoms with Crippen LogP contribution in [-0.4, -0.2) is 67.9 Å². The van der Waals surface area contributed by atoms with E-state index in [1.54, 1.807) is 0 Å². The Hall–Kier alpha value is -3.81. The minimum atomic E-state index is -0.135. The summed E-state index contributed by atoms with van der Waals surface area (Å²) < 4.78 is 23.6. The predicted molar refractivity (Wildman–Crippen MR) is 180 cm³/mol. The van der Waals surface area contributed by atoms with E-state index in [2.05, 4.69) is 80.8 Å². The lowest BCUT2D eigenvalue weighted by Gasteiger charge is -2.30. The van der Waals surface area contributed by atoms with E-state index in [1.807, 2.05) is 30.3 Å². The first kappa shape index (κ1) is 32.6. The number of carbonyl (C=O) groups is 1. The highest BCUT2D eigenvalue weighted by Crippen LogP contribution is 2.40. The summed E-state index contributed by atoms with van der Waals surface area (Å²) in [5.41, 5.74) is 5.52. The Morgan fingerprint density at radius 2 is 1.27 bits per heavy atom. The Labute approximate surface area is 268 Å². The van der Waals surface area contributed by atoms with Gasteiger partial charge in [-0.15, -0.1) is 0 Å². The van der Waals surface area contributed by atoms with E-state index < -0.39 is 0 Å². The highest BCUT2D eigenvalue weighted by atomic mass is 16.7. The molecule has 7 heteroatoms. The molecule has 0 bridgehead atoms. The van der Waals surface area contributed by atoms with E-state index >= 15 is 0 Å². The van der Waals surface area contributed by atoms with Crippen LogP contribution in [0.15, 0.2) is 66.7 Å². The molecule has 3 aromatic carbocycles. The third-order valence-corrected chi connectivity index (χ3v) is 8.81. The molecule has 0 saturated heterocycles. The number of benzene rings is 3. The zero-order chi connectivity index (χ0) is 31.8. The number of fused-ring (bicyclic) bond motifs is 1. The molecular formula is C38H48N2O5. The lowest BCUT2D eigenvalue weighted by molar-refractivity contribution is -0.135. The molecule has 0 spiro atoms. The molecule has 0 N–H and O–H groups in total. The number of likely N-dealkylation sites (N-methyl/N-ethyl adjacent to an activating group) is 2. The van der Waals surface area contributed by atoms with Crippen molar-refractivity contribution < 1.29 is 23.7 Å². The maximum atomic E-state index is 12.3. The van der Waals surface area contributed by atoms with Gasteiger partial charge in [-0.05, 0) is 110 Å². The zero-order valence-electron chi connectivity index (χ0n) is 27.5. The number of hydrogen-bond donors (Lipinski definition) is 0. The van der Waals surface area contributed by atoms with Gasteiger partial charge < -0.3 is 28.7 Å². The molecule has 7 nitrogen and oxygen atoms in total. The third kappa shape index (κ3) is 8.27. The second-order valence-electron chi connectivity index (χ2n) is 11.7. The van der Waals surface area contributed by atoms with Crippen molar-refractivity contribution in [2.75, 3.05) is 46.1 Å². The van der Waals surface area contributed by atoms with Crippen molar-refractivity contribution in [2.24, 2.45) is 5.92 Å². The second-order valence-corrected chi connectivity index (χ2v) is 11.7. The first-order valence-corrected chi connectivity index (χ1v) is 16.6. The molecule has 1 heterocycles. The fraction of sp³-hybridized carbons (Fsp3) is 0.447. The van der Waals surface area contributed by atoms with Crippen LogP contribution in [0.4, 0.5) is 0 Å². The van der Waals surface area contributed by atoms with Crippen LogP contribution in [0.25, 0.3) is 11.1 Å². The molecule has 45 heavy (non-hydrogen) atoms. The zero-order valence-corrected chi connectivity index (χ0v) is 27.5. The third-order valence-electron chi connectivity index (χ3n) is 8.81. The van der Waals surface area contributed by atoms with E-state index in [0.717, 1.165) is 98.0 Å². The van der Waals surface area contributed by atoms with E-state index in [-0.39, 0.29) is 24.8 Å². The summed E-state index contributed by atoms with van der Waals surface area (Å²) in [5, 5.41) is 0. The van der Waals surface area contributed by atoms with Gasteiger partial charge in [0.1, 0.15) is 17.6 Å². The van der Waals surface area contributed by atoms with Gasteiger partial charge in [-0.25, -0.2) is 0 Å². The number of esters is 1. The van der Waals surface area contributed by atoms with E-state index in [1.165, 1.54) is 5.57 Å². The molecule has 1 fully saturated rings. The largest absolute Gasteiger partial charge is 0.488 e. The summed E-state index contributed by atoms with van der Waals surface area (Å²) in [6.07, 6.45) is 2.72. The molecule has 3 aromatic rings. The average Bonchev–Trinajstić information content (AvgIpc) is 3.83. The Balaban J connectivity index is 1.47. The van der Waals surface area contributed by atoms with Crippen LogP contribution < -0.4 is 18.9 Å². The molecule has 1 aliphatic carbocycles. The SMILES string of the molecule is CCC(=C(c1ccc(OC(=O)C2CC2)cc1)c1ccc(OC(CN(CC)CC)CN(CC)CC)cc1)c1ccc2c(c1)OCO2. The molecule has 0 radical (unpaired) electrons. The first-order chi connectivity index (χ1) is 22.0. The fourth-order valence-corrected chi connectivity index (χ4v) is 5.90. The minimum absolute atomic E-state index is 0.0530. The monoisotopic (exact) mass is 612 g/mol. The van der Waals surface area contributed by atoms with Gasteiger partial charge in [-0.1, -0.05) is 65.0 Å². The topological polar surface area (TPSA) is 60.5 Å². The number of carbonyl (C=O) groups excluding carboxylic acids is 1. The van der Waals surface area contributed by atoms with E-state index in [9.17, 15) is 4.79 Å². The van der Waals surface area contributed by atoms with Crippen LogP contribution in [0, 0.1) is 5.92 Å². The van der Waals surface area contributed by atoms with Crippen LogP contribution in [0.3, 0.4) is 0 Å². The van der Waals surface area contributed by atoms with Gasteiger partial charge in [-0.3, -0.25) is 4.79 Å². The van der Waals surface area contributed by atoms with Crippen LogP contribution in [0.2, 0.25) is 0 Å². The smallest absolute Gasteiger partial charge is 0.314 e. The van der Waals surface area contributed by atoms with Gasteiger partial charge in [0.05, 0.1) is 5.92 Å². The molecule has 0 aromatic heterocycles. The Morgan fingerprint density at radius 1 is 0.733 bits per heavy atom. The normalized spacial score (nSPS) is 14.7. The van der Waals surface area contributed by atoms with Gasteiger partial charge in [0.25, 0.3) is 0 Å². The lowest BCUT2D eigenvalue weighted by Crippen LogP contribution is -2.43. The minimum Gasteiger partial charge on any atom is -0.488 e. The van der Waals surface area contributed by atoms with E-state index in [0.29, 0.717) is 5.75 Å². The number of rotatable bonds is 16. The maximum absolute atomic E-state index is 12.3. The van der Waals surface area contributed by atoms with Gasteiger partial charge in [0.15, 0.2) is 11.5 Å². The van der Waals surface area contributed by atoms with Crippen molar-refractivity contribution in [3.63, 3.8) is 0 Å². The van der Waals surface area contributed by atoms with Crippen molar-refractivity contribution in [1.82, 2.24) is 9.80 Å². The molecule has 1 saturated carbocycles. The summed E-state index contributed by atoms with van der Waals surface area (Å²) in [6, 6.07) is 22.5. The van der Waals surface area contributed by atoms with Crippen LogP contribution >= 0.6 is 0 Å². The Kier molecular flexibility index (Phi) is 11.2. The summed E-state index contributed by atoms with van der Waals surface area (Å²) in [7, 11) is 0. The van der Waals surface area contributed by atoms with Crippen molar-refractivity contribution in [2.45, 2.75) is 60.0 Å². The maximum Gasteiger partial charge on any atom is 0.314 e. The van der Waals surface area contributed by atoms with Crippen molar-refractivity contribution >= 4 is 17.1 Å². The predicted octanol–water partition coefficient (Wildman–Crippen LogP) is 7.53. The van der Waals surface area contributed by atoms with E-state index in [4.69, 9.17) is 18.9 Å². The molecular weight excluding hydrogens is 564 g/mol. The standard InChI is InChI=1S/C38H48N2O5/c1-6-34(30-17-22-35-36(23-30)43-26-42-35)37(28-15-20-32(21-16-28)45-38(41)29-11-12-29)27-13-18-31(19-14-27)44-33(24-39(7-2)8-3)25-40(9-4)10-5/h13-23,29,33H,6-12,24-26H2,1-5H3. The molecule has 0 unspecified atom stereocenters. The van der Waals surface area contributed by atoms with Gasteiger partial charge in [0.2, 0.25) is 6.79 Å². The summed E-state index contributed by atoms with van der Waals surface area (Å²) in [6.45, 7) is 17.0. The Morgan fingerprint density at radius 3 is 1.80 bits per heavy atom. The van der Waals surface area contributed by atoms with Crippen molar-refractivity contribution in [3.05, 3.63) is 83.4 Å². The highest BCUT2D eigenvalue weighted by molar-refractivity contribution is 5.99. The van der Waals surface area contributed by atoms with Crippen molar-refractivity contribution in [1.29, 1.82) is 0 Å². The van der Waals surface area contributed by atoms with Crippen LogP contribution in [0.5, 0.6) is 23.0 Å². The van der Waals surface area contributed by atoms with Crippen molar-refractivity contribution in [3.8, 4) is 23.0 Å². The van der Waals surface area contributed by atoms with Gasteiger partial charge in [-0.2, -0.15) is 0 Å². The molecule has 1 aliphatic heterocycles. The van der Waals surface area contributed by atoms with Gasteiger partial charge in [0, 0.05) is 13.1 Å². The average molecular weight is 613 g/mol. The second kappa shape index (κ2) is 15.5. The summed E-state index contributed by atoms with van der Waals surface area (Å²) >= 11 is 0. The first-order valence-electron chi connectivity index (χ1n) is 16.6. The number of hydrogen-bond acceptors (Lipinski definition) is 7. The summed E-state index contributed by atoms with van der Waals surface area (Å²) in [5.74, 6) is 2.89. The van der Waals surface area contributed by atoms with Crippen LogP contribution in [-0.2, 0) is 4.79 Å². The number of ether oxygens (including phenoxy) is 4. The number of nitrogens with zero attached hydrogens (tertiary/aromatic N) is 2. The Bertz CT molecular complexity index is 1420. The van der Waals surface area contributed by atoms with Crippen LogP contribution in [0.1, 0.15) is 70.6 Å². The quantitative estimate of drug-likeness (QED) is 0.0942. The van der Waals surface area contributed by atoms with Gasteiger partial charge >= 0.3 is 5.97 Å².